The van der Waals surface area contributed by atoms with Gasteiger partial charge in [-0.25, -0.2) is 4.68 Å². The molecule has 2 saturated heterocycles. The average Bonchev–Trinajstić information content (AvgIpc) is 2.90. The second-order valence-corrected chi connectivity index (χ2v) is 7.54. The Bertz CT molecular complexity index is 530. The maximum Gasteiger partial charge on any atom is 0.282 e. The van der Waals surface area contributed by atoms with Gasteiger partial charge in [-0.05, 0) is 18.8 Å². The predicted molar refractivity (Wildman–Crippen MR) is 74.1 cm³/mol. The van der Waals surface area contributed by atoms with Crippen LogP contribution >= 0.6 is 0 Å². The molecule has 2 fully saturated rings. The van der Waals surface area contributed by atoms with Crippen molar-refractivity contribution in [2.45, 2.75) is 32.2 Å². The van der Waals surface area contributed by atoms with Gasteiger partial charge in [0.05, 0.1) is 12.2 Å². The molecule has 20 heavy (non-hydrogen) atoms. The van der Waals surface area contributed by atoms with Crippen molar-refractivity contribution in [3.8, 4) is 0 Å². The molecule has 0 aromatic carbocycles. The molecule has 2 aliphatic heterocycles. The number of nitrogens with zero attached hydrogens (tertiary/aromatic N) is 5. The van der Waals surface area contributed by atoms with Crippen LogP contribution in [0.2, 0.25) is 0 Å². The van der Waals surface area contributed by atoms with Crippen molar-refractivity contribution in [3.63, 3.8) is 0 Å². The van der Waals surface area contributed by atoms with E-state index in [1.54, 1.807) is 25.7 Å². The molecule has 0 atom stereocenters. The number of piperidine rings is 1. The molecule has 0 bridgehead atoms. The molecule has 8 heteroatoms. The molecular formula is C12H21N5O2S. The first kappa shape index (κ1) is 14.0. The van der Waals surface area contributed by atoms with E-state index in [2.05, 4.69) is 17.2 Å². The van der Waals surface area contributed by atoms with Gasteiger partial charge in [0, 0.05) is 32.4 Å². The molecule has 0 aliphatic carbocycles. The third kappa shape index (κ3) is 2.47. The summed E-state index contributed by atoms with van der Waals surface area (Å²) in [6, 6.07) is 0.125. The lowest BCUT2D eigenvalue weighted by molar-refractivity contribution is 0.166. The largest absolute Gasteiger partial charge is 0.282 e. The third-order valence-corrected chi connectivity index (χ3v) is 6.42. The van der Waals surface area contributed by atoms with Crippen molar-refractivity contribution < 1.29 is 8.42 Å². The van der Waals surface area contributed by atoms with Gasteiger partial charge in [-0.2, -0.15) is 17.0 Å². The molecule has 0 N–H and O–H groups in total. The zero-order chi connectivity index (χ0) is 14.2. The van der Waals surface area contributed by atoms with E-state index < -0.39 is 10.2 Å². The van der Waals surface area contributed by atoms with E-state index in [4.69, 9.17) is 0 Å². The van der Waals surface area contributed by atoms with Gasteiger partial charge in [-0.15, -0.1) is 5.10 Å². The topological polar surface area (TPSA) is 71.3 Å². The lowest BCUT2D eigenvalue weighted by atomic mass is 9.96. The van der Waals surface area contributed by atoms with Crippen LogP contribution in [0, 0.1) is 5.92 Å². The van der Waals surface area contributed by atoms with E-state index in [9.17, 15) is 8.42 Å². The molecule has 2 aliphatic rings. The van der Waals surface area contributed by atoms with Gasteiger partial charge in [-0.1, -0.05) is 18.6 Å². The highest BCUT2D eigenvalue weighted by atomic mass is 32.2. The Kier molecular flexibility index (Phi) is 3.78. The van der Waals surface area contributed by atoms with Crippen LogP contribution in [0.1, 0.15) is 32.2 Å². The first-order valence-corrected chi connectivity index (χ1v) is 8.62. The van der Waals surface area contributed by atoms with Crippen molar-refractivity contribution in [2.75, 3.05) is 26.2 Å². The molecule has 112 valence electrons. The van der Waals surface area contributed by atoms with E-state index in [0.717, 1.165) is 19.3 Å². The predicted octanol–water partition coefficient (Wildman–Crippen LogP) is 0.502. The van der Waals surface area contributed by atoms with Crippen molar-refractivity contribution in [1.82, 2.24) is 23.6 Å². The molecule has 3 heterocycles. The summed E-state index contributed by atoms with van der Waals surface area (Å²) >= 11 is 0. The first-order chi connectivity index (χ1) is 9.61. The number of aromatic nitrogens is 3. The van der Waals surface area contributed by atoms with Crippen LogP contribution in [0.3, 0.4) is 0 Å². The van der Waals surface area contributed by atoms with Gasteiger partial charge in [0.2, 0.25) is 0 Å². The molecule has 0 unspecified atom stereocenters. The lowest BCUT2D eigenvalue weighted by Gasteiger charge is -2.42. The fourth-order valence-electron chi connectivity index (χ4n) is 2.90. The summed E-state index contributed by atoms with van der Waals surface area (Å²) in [7, 11) is -3.28. The van der Waals surface area contributed by atoms with Gasteiger partial charge in [0.1, 0.15) is 0 Å². The van der Waals surface area contributed by atoms with E-state index in [1.165, 1.54) is 0 Å². The summed E-state index contributed by atoms with van der Waals surface area (Å²) in [5.74, 6) is 0.681. The maximum absolute atomic E-state index is 12.5. The third-order valence-electron chi connectivity index (χ3n) is 4.45. The Labute approximate surface area is 119 Å². The zero-order valence-electron chi connectivity index (χ0n) is 11.7. The minimum absolute atomic E-state index is 0.125. The van der Waals surface area contributed by atoms with E-state index >= 15 is 0 Å². The fourth-order valence-corrected chi connectivity index (χ4v) is 4.62. The second kappa shape index (κ2) is 5.42. The quantitative estimate of drug-likeness (QED) is 0.812. The molecule has 0 radical (unpaired) electrons. The molecule has 0 amide bonds. The van der Waals surface area contributed by atoms with Crippen LogP contribution < -0.4 is 0 Å². The van der Waals surface area contributed by atoms with Gasteiger partial charge < -0.3 is 0 Å². The van der Waals surface area contributed by atoms with Crippen LogP contribution in [0.5, 0.6) is 0 Å². The van der Waals surface area contributed by atoms with Gasteiger partial charge in [0.15, 0.2) is 0 Å². The van der Waals surface area contributed by atoms with Crippen molar-refractivity contribution in [3.05, 3.63) is 12.4 Å². The molecule has 0 spiro atoms. The van der Waals surface area contributed by atoms with Gasteiger partial charge >= 0.3 is 0 Å². The van der Waals surface area contributed by atoms with E-state index in [0.29, 0.717) is 32.1 Å². The summed E-state index contributed by atoms with van der Waals surface area (Å²) in [5, 5.41) is 7.67. The molecule has 1 aromatic heterocycles. The summed E-state index contributed by atoms with van der Waals surface area (Å²) < 4.78 is 29.9. The van der Waals surface area contributed by atoms with Gasteiger partial charge in [0.25, 0.3) is 10.2 Å². The number of hydrogen-bond acceptors (Lipinski definition) is 4. The minimum atomic E-state index is -3.28. The summed E-state index contributed by atoms with van der Waals surface area (Å²) in [6.45, 7) is 4.49. The zero-order valence-corrected chi connectivity index (χ0v) is 12.5. The molecule has 0 saturated carbocycles. The maximum atomic E-state index is 12.5. The smallest absolute Gasteiger partial charge is 0.247 e. The lowest BCUT2D eigenvalue weighted by Crippen LogP contribution is -2.56. The summed E-state index contributed by atoms with van der Waals surface area (Å²) in [6.07, 6.45) is 6.51. The second-order valence-electron chi connectivity index (χ2n) is 5.61. The Morgan fingerprint density at radius 1 is 1.20 bits per heavy atom. The summed E-state index contributed by atoms with van der Waals surface area (Å²) in [4.78, 5) is 0. The Balaban J connectivity index is 1.58. The number of hydrogen-bond donors (Lipinski definition) is 0. The SMILES string of the molecule is CCC1CCN(S(=O)(=O)N2CC(n3ccnn3)C2)CC1. The molecule has 1 aromatic rings. The normalized spacial score (nSPS) is 23.9. The highest BCUT2D eigenvalue weighted by Crippen LogP contribution is 2.28. The molecule has 7 nitrogen and oxygen atoms in total. The summed E-state index contributed by atoms with van der Waals surface area (Å²) in [5.41, 5.74) is 0. The fraction of sp³-hybridized carbons (Fsp3) is 0.833. The monoisotopic (exact) mass is 299 g/mol. The van der Waals surface area contributed by atoms with E-state index in [1.807, 2.05) is 0 Å². The van der Waals surface area contributed by atoms with Crippen LogP contribution in [0.15, 0.2) is 12.4 Å². The van der Waals surface area contributed by atoms with Crippen LogP contribution in [0.4, 0.5) is 0 Å². The highest BCUT2D eigenvalue weighted by Gasteiger charge is 2.41. The van der Waals surface area contributed by atoms with Gasteiger partial charge in [-0.3, -0.25) is 0 Å². The van der Waals surface area contributed by atoms with Crippen LogP contribution in [0.25, 0.3) is 0 Å². The van der Waals surface area contributed by atoms with Crippen LogP contribution in [-0.4, -0.2) is 58.2 Å². The standard InChI is InChI=1S/C12H21N5O2S/c1-2-11-3-6-15(7-4-11)20(18,19)16-9-12(10-16)17-8-5-13-14-17/h5,8,11-12H,2-4,6-7,9-10H2,1H3. The minimum Gasteiger partial charge on any atom is -0.247 e. The Hall–Kier alpha value is -0.990. The van der Waals surface area contributed by atoms with Crippen molar-refractivity contribution >= 4 is 10.2 Å². The van der Waals surface area contributed by atoms with Crippen LogP contribution in [-0.2, 0) is 10.2 Å². The van der Waals surface area contributed by atoms with Crippen molar-refractivity contribution in [1.29, 1.82) is 0 Å². The first-order valence-electron chi connectivity index (χ1n) is 7.22. The number of rotatable bonds is 4. The Morgan fingerprint density at radius 3 is 2.45 bits per heavy atom. The highest BCUT2D eigenvalue weighted by molar-refractivity contribution is 7.86. The molecule has 3 rings (SSSR count). The average molecular weight is 299 g/mol. The molecular weight excluding hydrogens is 278 g/mol. The van der Waals surface area contributed by atoms with Crippen molar-refractivity contribution in [2.24, 2.45) is 5.92 Å². The Morgan fingerprint density at radius 2 is 1.90 bits per heavy atom. The van der Waals surface area contributed by atoms with E-state index in [-0.39, 0.29) is 6.04 Å².